The van der Waals surface area contributed by atoms with E-state index in [1.165, 1.54) is 65.5 Å². The summed E-state index contributed by atoms with van der Waals surface area (Å²) in [5, 5.41) is 2.23. The summed E-state index contributed by atoms with van der Waals surface area (Å²) in [6, 6.07) is 51.9. The first kappa shape index (κ1) is 28.2. The molecule has 0 bridgehead atoms. The first-order valence-electron chi connectivity index (χ1n) is 17.5. The zero-order valence-electron chi connectivity index (χ0n) is 27.2. The van der Waals surface area contributed by atoms with E-state index in [-0.39, 0.29) is 5.41 Å². The van der Waals surface area contributed by atoms with Crippen LogP contribution in [0, 0.1) is 0 Å². The van der Waals surface area contributed by atoms with Crippen molar-refractivity contribution in [1.29, 1.82) is 0 Å². The molecule has 1 saturated carbocycles. The first-order chi connectivity index (χ1) is 24.2. The average molecular weight is 631 g/mol. The van der Waals surface area contributed by atoms with Gasteiger partial charge in [-0.15, -0.1) is 0 Å². The third-order valence-electron chi connectivity index (χ3n) is 10.9. The van der Waals surface area contributed by atoms with E-state index >= 15 is 0 Å². The molecule has 1 fully saturated rings. The van der Waals surface area contributed by atoms with Gasteiger partial charge >= 0.3 is 0 Å². The summed E-state index contributed by atoms with van der Waals surface area (Å²) in [5.74, 6) is 0.707. The van der Waals surface area contributed by atoms with Gasteiger partial charge in [0.1, 0.15) is 11.2 Å². The number of hydrogen-bond donors (Lipinski definition) is 0. The Bertz CT molecular complexity index is 2470. The molecule has 234 valence electrons. The van der Waals surface area contributed by atoms with Gasteiger partial charge in [-0.3, -0.25) is 0 Å². The molecule has 0 amide bonds. The number of nitrogens with zero attached hydrogens (tertiary/aromatic N) is 2. The average Bonchev–Trinajstić information content (AvgIpc) is 3.68. The predicted octanol–water partition coefficient (Wildman–Crippen LogP) is 12.3. The van der Waals surface area contributed by atoms with E-state index in [0.717, 1.165) is 50.0 Å². The molecule has 2 aromatic heterocycles. The largest absolute Gasteiger partial charge is 0.456 e. The van der Waals surface area contributed by atoms with Gasteiger partial charge in [-0.05, 0) is 76.6 Å². The highest BCUT2D eigenvalue weighted by Crippen LogP contribution is 2.57. The van der Waals surface area contributed by atoms with E-state index in [1.807, 2.05) is 36.4 Å². The molecule has 2 heterocycles. The molecule has 3 nitrogen and oxygen atoms in total. The van der Waals surface area contributed by atoms with Crippen LogP contribution < -0.4 is 0 Å². The molecular weight excluding hydrogens is 597 g/mol. The molecule has 0 atom stereocenters. The fraction of sp³-hybridized carbons (Fsp3) is 0.130. The number of hydrogen-bond acceptors (Lipinski definition) is 3. The lowest BCUT2D eigenvalue weighted by atomic mass is 9.68. The molecule has 49 heavy (non-hydrogen) atoms. The van der Waals surface area contributed by atoms with Gasteiger partial charge in [-0.25, -0.2) is 9.97 Å². The highest BCUT2D eigenvalue weighted by atomic mass is 16.3. The topological polar surface area (TPSA) is 38.9 Å². The monoisotopic (exact) mass is 630 g/mol. The van der Waals surface area contributed by atoms with Gasteiger partial charge in [0.2, 0.25) is 0 Å². The van der Waals surface area contributed by atoms with Crippen LogP contribution in [0.3, 0.4) is 0 Å². The Morgan fingerprint density at radius 2 is 1.04 bits per heavy atom. The lowest BCUT2D eigenvalue weighted by Gasteiger charge is -2.36. The minimum absolute atomic E-state index is 0.141. The molecule has 2 aliphatic rings. The Kier molecular flexibility index (Phi) is 6.42. The van der Waals surface area contributed by atoms with E-state index in [1.54, 1.807) is 0 Å². The lowest BCUT2D eigenvalue weighted by Crippen LogP contribution is -2.27. The fourth-order valence-corrected chi connectivity index (χ4v) is 8.61. The predicted molar refractivity (Wildman–Crippen MR) is 200 cm³/mol. The maximum atomic E-state index is 6.66. The van der Waals surface area contributed by atoms with Crippen molar-refractivity contribution >= 4 is 21.9 Å². The van der Waals surface area contributed by atoms with Gasteiger partial charge in [0.15, 0.2) is 5.82 Å². The van der Waals surface area contributed by atoms with Crippen molar-refractivity contribution in [2.45, 2.75) is 37.5 Å². The van der Waals surface area contributed by atoms with Crippen LogP contribution in [-0.2, 0) is 5.41 Å². The summed E-state index contributed by atoms with van der Waals surface area (Å²) in [4.78, 5) is 10.0. The normalized spacial score (nSPS) is 14.7. The van der Waals surface area contributed by atoms with E-state index in [4.69, 9.17) is 14.4 Å². The Morgan fingerprint density at radius 3 is 1.80 bits per heavy atom. The molecule has 1 spiro atoms. The highest BCUT2D eigenvalue weighted by molar-refractivity contribution is 6.07. The van der Waals surface area contributed by atoms with Crippen LogP contribution in [-0.4, -0.2) is 9.97 Å². The Morgan fingerprint density at radius 1 is 0.449 bits per heavy atom. The highest BCUT2D eigenvalue weighted by Gasteiger charge is 2.44. The van der Waals surface area contributed by atoms with E-state index < -0.39 is 0 Å². The van der Waals surface area contributed by atoms with Crippen LogP contribution in [0.4, 0.5) is 0 Å². The van der Waals surface area contributed by atoms with Gasteiger partial charge in [0.25, 0.3) is 0 Å². The van der Waals surface area contributed by atoms with Gasteiger partial charge in [-0.2, -0.15) is 0 Å². The van der Waals surface area contributed by atoms with E-state index in [9.17, 15) is 0 Å². The molecule has 0 unspecified atom stereocenters. The van der Waals surface area contributed by atoms with Gasteiger partial charge in [-0.1, -0.05) is 135 Å². The van der Waals surface area contributed by atoms with Crippen molar-refractivity contribution in [2.24, 2.45) is 0 Å². The zero-order valence-corrected chi connectivity index (χ0v) is 27.2. The van der Waals surface area contributed by atoms with Crippen molar-refractivity contribution in [3.8, 4) is 56.2 Å². The maximum absolute atomic E-state index is 6.66. The number of fused-ring (bicyclic) bond motifs is 8. The molecule has 3 heteroatoms. The van der Waals surface area contributed by atoms with Gasteiger partial charge in [0, 0.05) is 32.9 Å². The molecule has 0 radical (unpaired) electrons. The standard InChI is InChI=1S/C46H34N2O/c1-4-13-30(14-5-1)40-29-41(48-45(47-40)31-15-6-2-7-16-31)33-22-24-36-35-23-21-32(27-42(35)49-43(36)28-33)34-18-12-20-39-44(34)37-17-8-9-19-38(37)46(39)25-10-3-11-26-46/h1-2,4-9,12-24,27-29H,3,10-11,25-26H2. The summed E-state index contributed by atoms with van der Waals surface area (Å²) in [5.41, 5.74) is 15.0. The number of rotatable bonds is 4. The molecule has 0 aliphatic heterocycles. The summed E-state index contributed by atoms with van der Waals surface area (Å²) in [6.45, 7) is 0. The molecule has 0 N–H and O–H groups in total. The summed E-state index contributed by atoms with van der Waals surface area (Å²) < 4.78 is 6.66. The first-order valence-corrected chi connectivity index (χ1v) is 17.5. The molecule has 6 aromatic carbocycles. The minimum atomic E-state index is 0.141. The Hall–Kier alpha value is -5.80. The summed E-state index contributed by atoms with van der Waals surface area (Å²) in [7, 11) is 0. The third-order valence-corrected chi connectivity index (χ3v) is 10.9. The Labute approximate surface area is 285 Å². The maximum Gasteiger partial charge on any atom is 0.160 e. The molecular formula is C46H34N2O. The van der Waals surface area contributed by atoms with Crippen LogP contribution in [0.5, 0.6) is 0 Å². The van der Waals surface area contributed by atoms with Crippen molar-refractivity contribution in [2.75, 3.05) is 0 Å². The third kappa shape index (κ3) is 4.49. The van der Waals surface area contributed by atoms with Crippen molar-refractivity contribution in [1.82, 2.24) is 9.97 Å². The van der Waals surface area contributed by atoms with Crippen LogP contribution >= 0.6 is 0 Å². The zero-order chi connectivity index (χ0) is 32.4. The molecule has 2 aliphatic carbocycles. The van der Waals surface area contributed by atoms with Crippen LogP contribution in [0.1, 0.15) is 43.2 Å². The smallest absolute Gasteiger partial charge is 0.160 e. The van der Waals surface area contributed by atoms with E-state index in [2.05, 4.69) is 109 Å². The van der Waals surface area contributed by atoms with Crippen LogP contribution in [0.25, 0.3) is 78.1 Å². The lowest BCUT2D eigenvalue weighted by molar-refractivity contribution is 0.353. The summed E-state index contributed by atoms with van der Waals surface area (Å²) >= 11 is 0. The number of aromatic nitrogens is 2. The minimum Gasteiger partial charge on any atom is -0.456 e. The quantitative estimate of drug-likeness (QED) is 0.194. The molecule has 8 aromatic rings. The summed E-state index contributed by atoms with van der Waals surface area (Å²) in [6.07, 6.45) is 6.39. The number of furan rings is 1. The molecule has 10 rings (SSSR count). The van der Waals surface area contributed by atoms with Gasteiger partial charge < -0.3 is 4.42 Å². The molecule has 0 saturated heterocycles. The second kappa shape index (κ2) is 11.1. The van der Waals surface area contributed by atoms with Crippen LogP contribution in [0.15, 0.2) is 150 Å². The van der Waals surface area contributed by atoms with Crippen LogP contribution in [0.2, 0.25) is 0 Å². The SMILES string of the molecule is c1ccc(-c2cc(-c3ccc4c(c3)oc3cc(-c5cccc6c5-c5ccccc5C65CCCCC5)ccc34)nc(-c3ccccc3)n2)cc1. The second-order valence-electron chi connectivity index (χ2n) is 13.6. The number of benzene rings is 6. The van der Waals surface area contributed by atoms with E-state index in [0.29, 0.717) is 5.82 Å². The van der Waals surface area contributed by atoms with Crippen molar-refractivity contribution in [3.63, 3.8) is 0 Å². The van der Waals surface area contributed by atoms with Crippen molar-refractivity contribution in [3.05, 3.63) is 157 Å². The van der Waals surface area contributed by atoms with Gasteiger partial charge in [0.05, 0.1) is 11.4 Å². The van der Waals surface area contributed by atoms with Crippen molar-refractivity contribution < 1.29 is 4.42 Å². The second-order valence-corrected chi connectivity index (χ2v) is 13.6. The fourth-order valence-electron chi connectivity index (χ4n) is 8.61. The Balaban J connectivity index is 1.09.